The lowest BCUT2D eigenvalue weighted by Gasteiger charge is -2.30. The van der Waals surface area contributed by atoms with E-state index in [0.29, 0.717) is 18.5 Å². The highest BCUT2D eigenvalue weighted by atomic mass is 127. The SMILES string of the molecule is O=C(N1CCCc2cc(I)ccc21)C(F)(F)F. The lowest BCUT2D eigenvalue weighted by molar-refractivity contribution is -0.170. The number of nitrogens with zero attached hydrogens (tertiary/aromatic N) is 1. The molecule has 17 heavy (non-hydrogen) atoms. The molecule has 2 rings (SSSR count). The van der Waals surface area contributed by atoms with Gasteiger partial charge in [-0.15, -0.1) is 0 Å². The van der Waals surface area contributed by atoms with Crippen molar-refractivity contribution in [2.45, 2.75) is 19.0 Å². The molecule has 1 heterocycles. The molecule has 0 bridgehead atoms. The first-order valence-corrected chi connectivity index (χ1v) is 6.14. The van der Waals surface area contributed by atoms with Crippen LogP contribution in [0, 0.1) is 3.57 Å². The summed E-state index contributed by atoms with van der Waals surface area (Å²) in [7, 11) is 0. The number of rotatable bonds is 0. The fourth-order valence-electron chi connectivity index (χ4n) is 1.93. The number of hydrogen-bond acceptors (Lipinski definition) is 1. The minimum Gasteiger partial charge on any atom is -0.304 e. The number of fused-ring (bicyclic) bond motifs is 1. The van der Waals surface area contributed by atoms with E-state index in [9.17, 15) is 18.0 Å². The van der Waals surface area contributed by atoms with Crippen LogP contribution in [-0.4, -0.2) is 18.6 Å². The molecule has 6 heteroatoms. The molecular weight excluding hydrogens is 346 g/mol. The molecule has 0 aromatic heterocycles. The van der Waals surface area contributed by atoms with E-state index in [4.69, 9.17) is 0 Å². The third-order valence-electron chi connectivity index (χ3n) is 2.65. The van der Waals surface area contributed by atoms with Gasteiger partial charge in [-0.1, -0.05) is 0 Å². The summed E-state index contributed by atoms with van der Waals surface area (Å²) in [5.41, 5.74) is 1.19. The van der Waals surface area contributed by atoms with E-state index >= 15 is 0 Å². The fourth-order valence-corrected chi connectivity index (χ4v) is 2.49. The molecule has 0 N–H and O–H groups in total. The van der Waals surface area contributed by atoms with Crippen LogP contribution in [0.3, 0.4) is 0 Å². The number of halogens is 4. The number of hydrogen-bond donors (Lipinski definition) is 0. The van der Waals surface area contributed by atoms with Gasteiger partial charge in [-0.25, -0.2) is 0 Å². The Morgan fingerprint density at radius 3 is 2.71 bits per heavy atom. The highest BCUT2D eigenvalue weighted by Gasteiger charge is 2.43. The normalized spacial score (nSPS) is 15.6. The number of amides is 1. The van der Waals surface area contributed by atoms with E-state index in [-0.39, 0.29) is 6.54 Å². The molecular formula is C11H9F3INO. The maximum atomic E-state index is 12.4. The van der Waals surface area contributed by atoms with Gasteiger partial charge < -0.3 is 4.90 Å². The lowest BCUT2D eigenvalue weighted by Crippen LogP contribution is -2.43. The molecule has 0 spiro atoms. The van der Waals surface area contributed by atoms with Crippen molar-refractivity contribution in [3.05, 3.63) is 27.3 Å². The maximum Gasteiger partial charge on any atom is 0.471 e. The average molecular weight is 355 g/mol. The molecule has 0 atom stereocenters. The summed E-state index contributed by atoms with van der Waals surface area (Å²) in [6.45, 7) is 0.131. The van der Waals surface area contributed by atoms with Crippen LogP contribution in [0.1, 0.15) is 12.0 Å². The Kier molecular flexibility index (Phi) is 3.33. The van der Waals surface area contributed by atoms with Gasteiger partial charge in [-0.3, -0.25) is 4.79 Å². The van der Waals surface area contributed by atoms with Crippen LogP contribution >= 0.6 is 22.6 Å². The van der Waals surface area contributed by atoms with Crippen molar-refractivity contribution in [2.24, 2.45) is 0 Å². The monoisotopic (exact) mass is 355 g/mol. The van der Waals surface area contributed by atoms with E-state index in [1.165, 1.54) is 0 Å². The molecule has 0 saturated carbocycles. The summed E-state index contributed by atoms with van der Waals surface area (Å²) in [5, 5.41) is 0. The summed E-state index contributed by atoms with van der Waals surface area (Å²) >= 11 is 2.10. The predicted molar refractivity (Wildman–Crippen MR) is 65.9 cm³/mol. The summed E-state index contributed by atoms with van der Waals surface area (Å²) in [6.07, 6.45) is -3.53. The molecule has 1 aliphatic heterocycles. The van der Waals surface area contributed by atoms with E-state index in [0.717, 1.165) is 14.0 Å². The zero-order valence-corrected chi connectivity index (χ0v) is 10.9. The Balaban J connectivity index is 2.39. The Bertz CT molecular complexity index is 459. The summed E-state index contributed by atoms with van der Waals surface area (Å²) in [5.74, 6) is -1.78. The maximum absolute atomic E-state index is 12.4. The van der Waals surface area contributed by atoms with E-state index in [1.807, 2.05) is 6.07 Å². The van der Waals surface area contributed by atoms with Gasteiger partial charge in [-0.05, 0) is 59.2 Å². The number of aryl methyl sites for hydroxylation is 1. The Morgan fingerprint density at radius 1 is 1.35 bits per heavy atom. The van der Waals surface area contributed by atoms with Crippen molar-refractivity contribution in [1.82, 2.24) is 0 Å². The van der Waals surface area contributed by atoms with Crippen molar-refractivity contribution < 1.29 is 18.0 Å². The zero-order chi connectivity index (χ0) is 12.6. The van der Waals surface area contributed by atoms with E-state index in [2.05, 4.69) is 22.6 Å². The molecule has 1 aliphatic rings. The van der Waals surface area contributed by atoms with E-state index < -0.39 is 12.1 Å². The second-order valence-corrected chi connectivity index (χ2v) is 5.08. The van der Waals surface area contributed by atoms with Gasteiger partial charge in [-0.2, -0.15) is 13.2 Å². The summed E-state index contributed by atoms with van der Waals surface area (Å²) in [6, 6.07) is 5.12. The Hall–Kier alpha value is -0.790. The second kappa shape index (κ2) is 4.47. The molecule has 1 amide bonds. The van der Waals surface area contributed by atoms with Crippen LogP contribution in [0.2, 0.25) is 0 Å². The minimum absolute atomic E-state index is 0.131. The standard InChI is InChI=1S/C11H9F3INO/c12-11(13,14)10(17)16-5-1-2-7-6-8(15)3-4-9(7)16/h3-4,6H,1-2,5H2. The lowest BCUT2D eigenvalue weighted by atomic mass is 10.0. The van der Waals surface area contributed by atoms with Crippen molar-refractivity contribution in [3.8, 4) is 0 Å². The van der Waals surface area contributed by atoms with E-state index in [1.54, 1.807) is 12.1 Å². The molecule has 0 radical (unpaired) electrons. The zero-order valence-electron chi connectivity index (χ0n) is 8.72. The first-order valence-electron chi connectivity index (χ1n) is 5.07. The third kappa shape index (κ3) is 2.56. The van der Waals surface area contributed by atoms with Crippen LogP contribution in [-0.2, 0) is 11.2 Å². The van der Waals surface area contributed by atoms with Gasteiger partial charge in [0.1, 0.15) is 0 Å². The Morgan fingerprint density at radius 2 is 2.06 bits per heavy atom. The summed E-state index contributed by atoms with van der Waals surface area (Å²) < 4.78 is 38.2. The fraction of sp³-hybridized carbons (Fsp3) is 0.364. The molecule has 0 aliphatic carbocycles. The number of carbonyl (C=O) groups is 1. The first-order chi connectivity index (χ1) is 7.89. The topological polar surface area (TPSA) is 20.3 Å². The Labute approximate surface area is 110 Å². The van der Waals surface area contributed by atoms with Gasteiger partial charge in [0, 0.05) is 15.8 Å². The smallest absolute Gasteiger partial charge is 0.304 e. The number of alkyl halides is 3. The minimum atomic E-state index is -4.81. The molecule has 0 saturated heterocycles. The third-order valence-corrected chi connectivity index (χ3v) is 3.32. The van der Waals surface area contributed by atoms with Crippen LogP contribution in [0.5, 0.6) is 0 Å². The van der Waals surface area contributed by atoms with Gasteiger partial charge in [0.05, 0.1) is 0 Å². The first kappa shape index (κ1) is 12.7. The van der Waals surface area contributed by atoms with Crippen molar-refractivity contribution in [1.29, 1.82) is 0 Å². The van der Waals surface area contributed by atoms with Crippen molar-refractivity contribution in [3.63, 3.8) is 0 Å². The van der Waals surface area contributed by atoms with Crippen LogP contribution in [0.15, 0.2) is 18.2 Å². The molecule has 0 fully saturated rings. The molecule has 0 unspecified atom stereocenters. The van der Waals surface area contributed by atoms with Gasteiger partial charge in [0.25, 0.3) is 0 Å². The second-order valence-electron chi connectivity index (χ2n) is 3.83. The highest BCUT2D eigenvalue weighted by molar-refractivity contribution is 14.1. The van der Waals surface area contributed by atoms with Crippen LogP contribution < -0.4 is 4.90 Å². The summed E-state index contributed by atoms with van der Waals surface area (Å²) in [4.78, 5) is 12.1. The largest absolute Gasteiger partial charge is 0.471 e. The van der Waals surface area contributed by atoms with Crippen molar-refractivity contribution in [2.75, 3.05) is 11.4 Å². The quantitative estimate of drug-likeness (QED) is 0.655. The van der Waals surface area contributed by atoms with Crippen LogP contribution in [0.25, 0.3) is 0 Å². The van der Waals surface area contributed by atoms with Crippen molar-refractivity contribution >= 4 is 34.2 Å². The molecule has 2 nitrogen and oxygen atoms in total. The molecule has 1 aromatic carbocycles. The number of carbonyl (C=O) groups excluding carboxylic acids is 1. The average Bonchev–Trinajstić information content (AvgIpc) is 2.25. The molecule has 92 valence electrons. The van der Waals surface area contributed by atoms with Gasteiger partial charge >= 0.3 is 12.1 Å². The van der Waals surface area contributed by atoms with Gasteiger partial charge in [0.15, 0.2) is 0 Å². The number of benzene rings is 1. The van der Waals surface area contributed by atoms with Crippen LogP contribution in [0.4, 0.5) is 18.9 Å². The van der Waals surface area contributed by atoms with Gasteiger partial charge in [0.2, 0.25) is 0 Å². The highest BCUT2D eigenvalue weighted by Crippen LogP contribution is 2.31. The number of anilines is 1. The molecule has 1 aromatic rings. The predicted octanol–water partition coefficient (Wildman–Crippen LogP) is 3.13.